The zero-order valence-corrected chi connectivity index (χ0v) is 27.4. The maximum atomic E-state index is 13.2. The van der Waals surface area contributed by atoms with Gasteiger partial charge < -0.3 is 21.3 Å². The van der Waals surface area contributed by atoms with Gasteiger partial charge in [-0.15, -0.1) is 0 Å². The summed E-state index contributed by atoms with van der Waals surface area (Å²) in [6.45, 7) is 13.7. The molecule has 3 atom stereocenters. The summed E-state index contributed by atoms with van der Waals surface area (Å²) < 4.78 is 0. The fourth-order valence-corrected chi connectivity index (χ4v) is 5.20. The maximum absolute atomic E-state index is 13.2. The second-order valence-corrected chi connectivity index (χ2v) is 13.3. The predicted octanol–water partition coefficient (Wildman–Crippen LogP) is 3.35. The zero-order valence-electron chi connectivity index (χ0n) is 27.4. The van der Waals surface area contributed by atoms with E-state index in [0.29, 0.717) is 5.56 Å². The van der Waals surface area contributed by atoms with Crippen molar-refractivity contribution in [3.63, 3.8) is 0 Å². The Hall–Kier alpha value is -4.05. The van der Waals surface area contributed by atoms with E-state index in [4.69, 9.17) is 0 Å². The van der Waals surface area contributed by atoms with Crippen molar-refractivity contribution >= 4 is 29.4 Å². The lowest BCUT2D eigenvalue weighted by Crippen LogP contribution is -2.59. The lowest BCUT2D eigenvalue weighted by molar-refractivity contribution is -0.141. The topological polar surface area (TPSA) is 137 Å². The largest absolute Gasteiger partial charge is 0.345 e. The number of carbonyl (C=O) groups excluding carboxylic acids is 5. The molecule has 1 fully saturated rings. The average molecular weight is 620 g/mol. The van der Waals surface area contributed by atoms with E-state index in [-0.39, 0.29) is 12.5 Å². The number of carbonyl (C=O) groups is 5. The number of piperidine rings is 1. The number of nitrogens with zero attached hydrogens (tertiary/aromatic N) is 1. The van der Waals surface area contributed by atoms with E-state index < -0.39 is 53.0 Å². The van der Waals surface area contributed by atoms with Gasteiger partial charge in [-0.2, -0.15) is 0 Å². The highest BCUT2D eigenvalue weighted by atomic mass is 16.2. The van der Waals surface area contributed by atoms with Crippen LogP contribution >= 0.6 is 0 Å². The molecule has 45 heavy (non-hydrogen) atoms. The first-order valence-electron chi connectivity index (χ1n) is 15.8. The van der Waals surface area contributed by atoms with Gasteiger partial charge in [0.2, 0.25) is 17.6 Å². The molecule has 244 valence electrons. The molecule has 0 aliphatic carbocycles. The Kier molecular flexibility index (Phi) is 12.8. The first-order valence-corrected chi connectivity index (χ1v) is 15.8. The Morgan fingerprint density at radius 2 is 1.36 bits per heavy atom. The van der Waals surface area contributed by atoms with Crippen LogP contribution in [-0.4, -0.2) is 65.5 Å². The number of nitrogens with one attached hydrogen (secondary N) is 4. The third kappa shape index (κ3) is 10.8. The van der Waals surface area contributed by atoms with Gasteiger partial charge in [0, 0.05) is 18.7 Å². The smallest absolute Gasteiger partial charge is 0.289 e. The van der Waals surface area contributed by atoms with Gasteiger partial charge in [0.1, 0.15) is 12.1 Å². The van der Waals surface area contributed by atoms with Crippen LogP contribution in [-0.2, 0) is 32.3 Å². The highest BCUT2D eigenvalue weighted by molar-refractivity contribution is 6.38. The Labute approximate surface area is 267 Å². The molecule has 3 rings (SSSR count). The number of benzene rings is 2. The van der Waals surface area contributed by atoms with E-state index >= 15 is 0 Å². The molecule has 0 radical (unpaired) electrons. The van der Waals surface area contributed by atoms with Crippen LogP contribution in [0.25, 0.3) is 0 Å². The van der Waals surface area contributed by atoms with Gasteiger partial charge in [-0.25, -0.2) is 0 Å². The minimum Gasteiger partial charge on any atom is -0.345 e. The molecule has 4 N–H and O–H groups in total. The van der Waals surface area contributed by atoms with Gasteiger partial charge in [-0.3, -0.25) is 28.9 Å². The Morgan fingerprint density at radius 3 is 1.93 bits per heavy atom. The Balaban J connectivity index is 1.54. The van der Waals surface area contributed by atoms with Crippen LogP contribution in [0.4, 0.5) is 0 Å². The molecule has 0 saturated carbocycles. The van der Waals surface area contributed by atoms with Gasteiger partial charge in [-0.1, -0.05) is 83.5 Å². The van der Waals surface area contributed by atoms with E-state index in [2.05, 4.69) is 26.2 Å². The molecule has 1 aliphatic heterocycles. The molecule has 1 saturated heterocycles. The summed E-state index contributed by atoms with van der Waals surface area (Å²) in [6.07, 6.45) is 3.76. The number of hydrogen-bond donors (Lipinski definition) is 4. The molecular formula is C35H49N5O5. The summed E-state index contributed by atoms with van der Waals surface area (Å²) in [7, 11) is 0. The summed E-state index contributed by atoms with van der Waals surface area (Å²) in [5.74, 6) is -3.50. The molecule has 2 aromatic rings. The molecule has 1 aliphatic rings. The third-order valence-corrected chi connectivity index (χ3v) is 7.99. The van der Waals surface area contributed by atoms with E-state index in [1.54, 1.807) is 44.2 Å². The van der Waals surface area contributed by atoms with Crippen LogP contribution < -0.4 is 21.3 Å². The third-order valence-electron chi connectivity index (χ3n) is 7.99. The molecular weight excluding hydrogens is 570 g/mol. The molecule has 4 amide bonds. The zero-order chi connectivity index (χ0) is 33.1. The normalized spacial score (nSPS) is 15.8. The molecule has 2 aromatic carbocycles. The van der Waals surface area contributed by atoms with Crippen molar-refractivity contribution in [2.75, 3.05) is 13.1 Å². The molecule has 1 heterocycles. The SMILES string of the molecule is CC(NC(=O)C(NC(=O)c1ccccc1)C(C)(C)C)C(=O)NC(C(=O)C(=O)NCc1ccc(CN2CCCCC2)cc1)C(C)C. The maximum Gasteiger partial charge on any atom is 0.289 e. The lowest BCUT2D eigenvalue weighted by atomic mass is 9.85. The average Bonchev–Trinajstić information content (AvgIpc) is 3.01. The first-order chi connectivity index (χ1) is 21.3. The summed E-state index contributed by atoms with van der Waals surface area (Å²) >= 11 is 0. The fraction of sp³-hybridized carbons (Fsp3) is 0.514. The number of Topliss-reactive ketones (excluding diaryl/α,β-unsaturated/α-hetero) is 1. The quantitative estimate of drug-likeness (QED) is 0.254. The van der Waals surface area contributed by atoms with Gasteiger partial charge >= 0.3 is 0 Å². The molecule has 0 aromatic heterocycles. The van der Waals surface area contributed by atoms with Crippen molar-refractivity contribution in [3.8, 4) is 0 Å². The van der Waals surface area contributed by atoms with Crippen molar-refractivity contribution in [3.05, 3.63) is 71.3 Å². The van der Waals surface area contributed by atoms with Crippen molar-refractivity contribution < 1.29 is 24.0 Å². The monoisotopic (exact) mass is 619 g/mol. The second kappa shape index (κ2) is 16.3. The Morgan fingerprint density at radius 1 is 0.756 bits per heavy atom. The molecule has 10 heteroatoms. The van der Waals surface area contributed by atoms with E-state index in [9.17, 15) is 24.0 Å². The van der Waals surface area contributed by atoms with Gasteiger partial charge in [0.15, 0.2) is 0 Å². The minimum atomic E-state index is -1.08. The van der Waals surface area contributed by atoms with Crippen molar-refractivity contribution in [1.29, 1.82) is 0 Å². The van der Waals surface area contributed by atoms with Gasteiger partial charge in [0.05, 0.1) is 6.04 Å². The van der Waals surface area contributed by atoms with Gasteiger partial charge in [-0.05, 0) is 67.4 Å². The lowest BCUT2D eigenvalue weighted by Gasteiger charge is -2.31. The van der Waals surface area contributed by atoms with E-state index in [1.807, 2.05) is 45.0 Å². The highest BCUT2D eigenvalue weighted by Crippen LogP contribution is 2.20. The van der Waals surface area contributed by atoms with Gasteiger partial charge in [0.25, 0.3) is 11.8 Å². The number of amides is 4. The summed E-state index contributed by atoms with van der Waals surface area (Å²) in [5.41, 5.74) is 1.83. The van der Waals surface area contributed by atoms with Crippen LogP contribution in [0, 0.1) is 11.3 Å². The fourth-order valence-electron chi connectivity index (χ4n) is 5.20. The van der Waals surface area contributed by atoms with E-state index in [0.717, 1.165) is 25.2 Å². The highest BCUT2D eigenvalue weighted by Gasteiger charge is 2.36. The van der Waals surface area contributed by atoms with Crippen LogP contribution in [0.3, 0.4) is 0 Å². The summed E-state index contributed by atoms with van der Waals surface area (Å²) in [4.78, 5) is 67.4. The minimum absolute atomic E-state index is 0.183. The van der Waals surface area contributed by atoms with Crippen LogP contribution in [0.5, 0.6) is 0 Å². The number of likely N-dealkylation sites (tertiary alicyclic amines) is 1. The molecule has 0 spiro atoms. The Bertz CT molecular complexity index is 1310. The number of rotatable bonds is 13. The molecule has 10 nitrogen and oxygen atoms in total. The number of hydrogen-bond acceptors (Lipinski definition) is 6. The second-order valence-electron chi connectivity index (χ2n) is 13.3. The van der Waals surface area contributed by atoms with Crippen LogP contribution in [0.15, 0.2) is 54.6 Å². The van der Waals surface area contributed by atoms with E-state index in [1.165, 1.54) is 31.7 Å². The summed E-state index contributed by atoms with van der Waals surface area (Å²) in [5, 5.41) is 10.7. The van der Waals surface area contributed by atoms with Crippen molar-refractivity contribution in [2.45, 2.75) is 92.0 Å². The van der Waals surface area contributed by atoms with Crippen LogP contribution in [0.1, 0.15) is 82.3 Å². The molecule has 3 unspecified atom stereocenters. The van der Waals surface area contributed by atoms with Crippen molar-refractivity contribution in [1.82, 2.24) is 26.2 Å². The first kappa shape index (κ1) is 35.4. The molecule has 0 bridgehead atoms. The standard InChI is InChI=1S/C35H49N5O5/c1-23(2)28(29(41)33(44)36-21-25-15-17-26(18-16-25)22-40-19-11-8-12-20-40)38-31(42)24(3)37-34(45)30(35(4,5)6)39-32(43)27-13-9-7-10-14-27/h7,9-10,13-18,23-24,28,30H,8,11-12,19-22H2,1-6H3,(H,36,44)(H,37,45)(H,38,42)(H,39,43). The van der Waals surface area contributed by atoms with Crippen molar-refractivity contribution in [2.24, 2.45) is 11.3 Å². The summed E-state index contributed by atoms with van der Waals surface area (Å²) in [6, 6.07) is 13.5. The van der Waals surface area contributed by atoms with Crippen LogP contribution in [0.2, 0.25) is 0 Å². The number of ketones is 1. The predicted molar refractivity (Wildman–Crippen MR) is 174 cm³/mol.